The number of amides is 1. The van der Waals surface area contributed by atoms with Gasteiger partial charge in [-0.3, -0.25) is 9.59 Å². The summed E-state index contributed by atoms with van der Waals surface area (Å²) in [6, 6.07) is 11.6. The topological polar surface area (TPSA) is 72.6 Å². The zero-order valence-electron chi connectivity index (χ0n) is 13.0. The van der Waals surface area contributed by atoms with Crippen molar-refractivity contribution in [2.45, 2.75) is 6.54 Å². The van der Waals surface area contributed by atoms with Gasteiger partial charge in [-0.2, -0.15) is 0 Å². The van der Waals surface area contributed by atoms with Crippen molar-refractivity contribution >= 4 is 33.5 Å². The predicted molar refractivity (Wildman–Crippen MR) is 91.7 cm³/mol. The van der Waals surface area contributed by atoms with Crippen LogP contribution in [0.5, 0.6) is 0 Å². The fourth-order valence-corrected chi connectivity index (χ4v) is 2.61. The second-order valence-electron chi connectivity index (χ2n) is 5.08. The van der Waals surface area contributed by atoms with Crippen LogP contribution < -0.4 is 5.73 Å². The number of anilines is 1. The normalized spacial score (nSPS) is 10.3. The van der Waals surface area contributed by atoms with Crippen molar-refractivity contribution in [3.05, 3.63) is 63.9 Å². The standard InChI is InChI=1S/C17H16BrFN2O3/c1-24-16(22)10-21(9-11-5-3-2-4-6-11)17(23)12-7-15(20)14(19)8-13(12)18/h2-8H,9-10,20H2,1H3. The Morgan fingerprint density at radius 1 is 1.25 bits per heavy atom. The molecular weight excluding hydrogens is 379 g/mol. The molecule has 2 aromatic carbocycles. The first kappa shape index (κ1) is 17.9. The molecular formula is C17H16BrFN2O3. The van der Waals surface area contributed by atoms with Gasteiger partial charge in [0.15, 0.2) is 0 Å². The number of nitrogens with zero attached hydrogens (tertiary/aromatic N) is 1. The zero-order chi connectivity index (χ0) is 17.7. The van der Waals surface area contributed by atoms with Gasteiger partial charge in [0, 0.05) is 11.0 Å². The Kier molecular flexibility index (Phi) is 5.92. The predicted octanol–water partition coefficient (Wildman–Crippen LogP) is 2.99. The number of carbonyl (C=O) groups excluding carboxylic acids is 2. The van der Waals surface area contributed by atoms with E-state index in [1.807, 2.05) is 30.3 Å². The van der Waals surface area contributed by atoms with Crippen molar-refractivity contribution in [3.63, 3.8) is 0 Å². The highest BCUT2D eigenvalue weighted by molar-refractivity contribution is 9.10. The van der Waals surface area contributed by atoms with E-state index >= 15 is 0 Å². The monoisotopic (exact) mass is 394 g/mol. The lowest BCUT2D eigenvalue weighted by Gasteiger charge is -2.22. The van der Waals surface area contributed by atoms with Crippen molar-refractivity contribution in [3.8, 4) is 0 Å². The maximum atomic E-state index is 13.5. The Bertz CT molecular complexity index is 753. The highest BCUT2D eigenvalue weighted by Gasteiger charge is 2.22. The SMILES string of the molecule is COC(=O)CN(Cc1ccccc1)C(=O)c1cc(N)c(F)cc1Br. The van der Waals surface area contributed by atoms with Crippen LogP contribution in [-0.4, -0.2) is 30.4 Å². The first-order valence-corrected chi connectivity index (χ1v) is 7.86. The lowest BCUT2D eigenvalue weighted by Crippen LogP contribution is -2.36. The largest absolute Gasteiger partial charge is 0.468 e. The lowest BCUT2D eigenvalue weighted by atomic mass is 10.1. The van der Waals surface area contributed by atoms with Gasteiger partial charge in [0.05, 0.1) is 18.4 Å². The van der Waals surface area contributed by atoms with Crippen LogP contribution in [0.15, 0.2) is 46.9 Å². The average Bonchev–Trinajstić information content (AvgIpc) is 2.57. The number of hydrogen-bond donors (Lipinski definition) is 1. The third-order valence-corrected chi connectivity index (χ3v) is 4.02. The quantitative estimate of drug-likeness (QED) is 0.624. The molecule has 0 spiro atoms. The molecule has 0 aromatic heterocycles. The fraction of sp³-hybridized carbons (Fsp3) is 0.176. The number of benzene rings is 2. The van der Waals surface area contributed by atoms with Crippen LogP contribution >= 0.6 is 15.9 Å². The van der Waals surface area contributed by atoms with Gasteiger partial charge in [0.2, 0.25) is 0 Å². The van der Waals surface area contributed by atoms with E-state index in [-0.39, 0.29) is 28.8 Å². The van der Waals surface area contributed by atoms with Gasteiger partial charge in [0.25, 0.3) is 5.91 Å². The van der Waals surface area contributed by atoms with Gasteiger partial charge in [-0.15, -0.1) is 0 Å². The molecule has 0 aliphatic rings. The highest BCUT2D eigenvalue weighted by atomic mass is 79.9. The summed E-state index contributed by atoms with van der Waals surface area (Å²) in [5.74, 6) is -1.63. The summed E-state index contributed by atoms with van der Waals surface area (Å²) in [4.78, 5) is 25.8. The minimum Gasteiger partial charge on any atom is -0.468 e. The summed E-state index contributed by atoms with van der Waals surface area (Å²) < 4.78 is 18.4. The Labute approximate surface area is 147 Å². The molecule has 126 valence electrons. The summed E-state index contributed by atoms with van der Waals surface area (Å²) >= 11 is 3.16. The summed E-state index contributed by atoms with van der Waals surface area (Å²) in [5, 5.41) is 0. The molecule has 2 aromatic rings. The number of hydrogen-bond acceptors (Lipinski definition) is 4. The second kappa shape index (κ2) is 7.92. The number of carbonyl (C=O) groups is 2. The molecule has 0 saturated heterocycles. The number of methoxy groups -OCH3 is 1. The third-order valence-electron chi connectivity index (χ3n) is 3.37. The molecule has 5 nitrogen and oxygen atoms in total. The number of nitrogen functional groups attached to an aromatic ring is 1. The Morgan fingerprint density at radius 2 is 1.92 bits per heavy atom. The van der Waals surface area contributed by atoms with Gasteiger partial charge >= 0.3 is 5.97 Å². The Morgan fingerprint density at radius 3 is 2.54 bits per heavy atom. The van der Waals surface area contributed by atoms with E-state index in [9.17, 15) is 14.0 Å². The third kappa shape index (κ3) is 4.32. The van der Waals surface area contributed by atoms with E-state index in [4.69, 9.17) is 5.73 Å². The molecule has 0 aliphatic heterocycles. The molecule has 0 bridgehead atoms. The smallest absolute Gasteiger partial charge is 0.325 e. The van der Waals surface area contributed by atoms with E-state index in [2.05, 4.69) is 20.7 Å². The molecule has 1 amide bonds. The zero-order valence-corrected chi connectivity index (χ0v) is 14.5. The van der Waals surface area contributed by atoms with Crippen molar-refractivity contribution in [2.75, 3.05) is 19.4 Å². The van der Waals surface area contributed by atoms with Gasteiger partial charge in [-0.05, 0) is 33.6 Å². The van der Waals surface area contributed by atoms with Gasteiger partial charge < -0.3 is 15.4 Å². The Hall–Kier alpha value is -2.41. The van der Waals surface area contributed by atoms with E-state index in [1.165, 1.54) is 18.1 Å². The average molecular weight is 395 g/mol. The Balaban J connectivity index is 2.33. The first-order chi connectivity index (χ1) is 11.4. The van der Waals surface area contributed by atoms with Crippen molar-refractivity contribution in [1.82, 2.24) is 4.90 Å². The molecule has 0 fully saturated rings. The molecule has 24 heavy (non-hydrogen) atoms. The number of nitrogens with two attached hydrogens (primary N) is 1. The van der Waals surface area contributed by atoms with Crippen molar-refractivity contribution in [1.29, 1.82) is 0 Å². The maximum absolute atomic E-state index is 13.5. The molecule has 0 radical (unpaired) electrons. The molecule has 0 saturated carbocycles. The molecule has 0 atom stereocenters. The summed E-state index contributed by atoms with van der Waals surface area (Å²) in [6.07, 6.45) is 0. The van der Waals surface area contributed by atoms with Crippen LogP contribution in [0, 0.1) is 5.82 Å². The minimum atomic E-state index is -0.624. The second-order valence-corrected chi connectivity index (χ2v) is 5.93. The van der Waals surface area contributed by atoms with Gasteiger partial charge in [0.1, 0.15) is 12.4 Å². The van der Waals surface area contributed by atoms with Crippen LogP contribution in [0.25, 0.3) is 0 Å². The highest BCUT2D eigenvalue weighted by Crippen LogP contribution is 2.24. The molecule has 0 unspecified atom stereocenters. The summed E-state index contributed by atoms with van der Waals surface area (Å²) in [6.45, 7) is -0.0214. The van der Waals surface area contributed by atoms with Crippen LogP contribution in [0.1, 0.15) is 15.9 Å². The summed E-state index contributed by atoms with van der Waals surface area (Å²) in [7, 11) is 1.25. The van der Waals surface area contributed by atoms with Crippen LogP contribution in [0.2, 0.25) is 0 Å². The number of ether oxygens (including phenoxy) is 1. The summed E-state index contributed by atoms with van der Waals surface area (Å²) in [5.41, 5.74) is 6.43. The van der Waals surface area contributed by atoms with E-state index in [1.54, 1.807) is 0 Å². The van der Waals surface area contributed by atoms with Gasteiger partial charge in [-0.25, -0.2) is 4.39 Å². The molecule has 0 heterocycles. The number of rotatable bonds is 5. The first-order valence-electron chi connectivity index (χ1n) is 7.07. The molecule has 0 aliphatic carbocycles. The van der Waals surface area contributed by atoms with Gasteiger partial charge in [-0.1, -0.05) is 30.3 Å². The van der Waals surface area contributed by atoms with Crippen molar-refractivity contribution < 1.29 is 18.7 Å². The minimum absolute atomic E-state index is 0.140. The van der Waals surface area contributed by atoms with E-state index < -0.39 is 17.7 Å². The number of esters is 1. The lowest BCUT2D eigenvalue weighted by molar-refractivity contribution is -0.141. The molecule has 2 N–H and O–H groups in total. The van der Waals surface area contributed by atoms with Crippen LogP contribution in [-0.2, 0) is 16.1 Å². The number of halogens is 2. The van der Waals surface area contributed by atoms with E-state index in [0.29, 0.717) is 0 Å². The fourth-order valence-electron chi connectivity index (χ4n) is 2.12. The van der Waals surface area contributed by atoms with Crippen LogP contribution in [0.4, 0.5) is 10.1 Å². The maximum Gasteiger partial charge on any atom is 0.325 e. The van der Waals surface area contributed by atoms with E-state index in [0.717, 1.165) is 11.6 Å². The van der Waals surface area contributed by atoms with Crippen LogP contribution in [0.3, 0.4) is 0 Å². The van der Waals surface area contributed by atoms with Crippen molar-refractivity contribution in [2.24, 2.45) is 0 Å². The molecule has 2 rings (SSSR count). The molecule has 7 heteroatoms.